The Hall–Kier alpha value is -2.23. The lowest BCUT2D eigenvalue weighted by atomic mass is 10.1. The van der Waals surface area contributed by atoms with Crippen LogP contribution in [0.1, 0.15) is 16.2 Å². The highest BCUT2D eigenvalue weighted by Crippen LogP contribution is 2.05. The Morgan fingerprint density at radius 2 is 2.06 bits per heavy atom. The minimum atomic E-state index is -0.0568. The number of hydrogen-bond donors (Lipinski definition) is 1. The van der Waals surface area contributed by atoms with E-state index in [0.29, 0.717) is 11.4 Å². The van der Waals surface area contributed by atoms with Gasteiger partial charge in [0, 0.05) is 11.9 Å². The number of aromatic nitrogens is 2. The summed E-state index contributed by atoms with van der Waals surface area (Å²) in [4.78, 5) is 19.8. The van der Waals surface area contributed by atoms with Crippen molar-refractivity contribution in [2.24, 2.45) is 0 Å². The molecule has 0 saturated carbocycles. The van der Waals surface area contributed by atoms with Gasteiger partial charge in [0.15, 0.2) is 5.78 Å². The van der Waals surface area contributed by atoms with E-state index in [-0.39, 0.29) is 12.2 Å². The van der Waals surface area contributed by atoms with E-state index in [1.54, 1.807) is 18.3 Å². The average molecular weight is 213 g/mol. The van der Waals surface area contributed by atoms with Crippen molar-refractivity contribution in [1.82, 2.24) is 9.97 Å². The lowest BCUT2D eigenvalue weighted by molar-refractivity contribution is 0.0987. The van der Waals surface area contributed by atoms with Gasteiger partial charge in [0.05, 0.1) is 18.3 Å². The van der Waals surface area contributed by atoms with Crippen molar-refractivity contribution in [2.75, 3.05) is 5.73 Å². The molecule has 0 aliphatic heterocycles. The van der Waals surface area contributed by atoms with Crippen LogP contribution in [0.2, 0.25) is 0 Å². The first-order valence-electron chi connectivity index (χ1n) is 4.90. The fraction of sp³-hybridized carbons (Fsp3) is 0.0833. The number of hydrogen-bond acceptors (Lipinski definition) is 4. The van der Waals surface area contributed by atoms with Crippen molar-refractivity contribution in [2.45, 2.75) is 6.42 Å². The third-order valence-corrected chi connectivity index (χ3v) is 2.14. The topological polar surface area (TPSA) is 68.9 Å². The number of carbonyl (C=O) groups excluding carboxylic acids is 1. The normalized spacial score (nSPS) is 10.0. The van der Waals surface area contributed by atoms with E-state index in [4.69, 9.17) is 5.73 Å². The van der Waals surface area contributed by atoms with Gasteiger partial charge < -0.3 is 5.73 Å². The Morgan fingerprint density at radius 3 is 2.69 bits per heavy atom. The van der Waals surface area contributed by atoms with Crippen molar-refractivity contribution in [3.63, 3.8) is 0 Å². The summed E-state index contributed by atoms with van der Waals surface area (Å²) in [5.41, 5.74) is 7.20. The van der Waals surface area contributed by atoms with Crippen LogP contribution in [0.5, 0.6) is 0 Å². The third-order valence-electron chi connectivity index (χ3n) is 2.14. The maximum Gasteiger partial charge on any atom is 0.187 e. The second-order valence-electron chi connectivity index (χ2n) is 3.40. The molecule has 0 aromatic carbocycles. The number of carbonyl (C=O) groups is 1. The summed E-state index contributed by atoms with van der Waals surface area (Å²) < 4.78 is 0. The van der Waals surface area contributed by atoms with Crippen LogP contribution in [0.25, 0.3) is 0 Å². The van der Waals surface area contributed by atoms with Crippen LogP contribution in [0.4, 0.5) is 5.69 Å². The molecule has 0 radical (unpaired) electrons. The molecule has 16 heavy (non-hydrogen) atoms. The highest BCUT2D eigenvalue weighted by atomic mass is 16.1. The van der Waals surface area contributed by atoms with E-state index in [9.17, 15) is 4.79 Å². The summed E-state index contributed by atoms with van der Waals surface area (Å²) >= 11 is 0. The summed E-state index contributed by atoms with van der Waals surface area (Å²) in [6.07, 6.45) is 3.41. The summed E-state index contributed by atoms with van der Waals surface area (Å²) in [7, 11) is 0. The molecule has 0 saturated heterocycles. The quantitative estimate of drug-likeness (QED) is 0.784. The Morgan fingerprint density at radius 1 is 1.19 bits per heavy atom. The Bertz CT molecular complexity index is 479. The van der Waals surface area contributed by atoms with Crippen LogP contribution in [-0.4, -0.2) is 15.8 Å². The molecule has 0 amide bonds. The highest BCUT2D eigenvalue weighted by Gasteiger charge is 2.08. The number of pyridine rings is 2. The van der Waals surface area contributed by atoms with Crippen LogP contribution >= 0.6 is 0 Å². The van der Waals surface area contributed by atoms with Gasteiger partial charge in [-0.05, 0) is 24.3 Å². The summed E-state index contributed by atoms with van der Waals surface area (Å²) in [5, 5.41) is 0. The molecule has 0 unspecified atom stereocenters. The molecular formula is C12H11N3O. The molecule has 0 spiro atoms. The van der Waals surface area contributed by atoms with Crippen LogP contribution < -0.4 is 5.73 Å². The molecular weight excluding hydrogens is 202 g/mol. The minimum absolute atomic E-state index is 0.0568. The standard InChI is InChI=1S/C12H11N3O/c13-9-4-5-11(15-8-9)12(16)7-10-3-1-2-6-14-10/h1-6,8H,7,13H2. The highest BCUT2D eigenvalue weighted by molar-refractivity contribution is 5.95. The summed E-state index contributed by atoms with van der Waals surface area (Å²) in [6, 6.07) is 8.77. The summed E-state index contributed by atoms with van der Waals surface area (Å²) in [6.45, 7) is 0. The van der Waals surface area contributed by atoms with Crippen LogP contribution in [0, 0.1) is 0 Å². The number of anilines is 1. The number of rotatable bonds is 3. The zero-order valence-electron chi connectivity index (χ0n) is 8.63. The van der Waals surface area contributed by atoms with E-state index in [1.165, 1.54) is 6.20 Å². The van der Waals surface area contributed by atoms with Gasteiger partial charge in [-0.15, -0.1) is 0 Å². The molecule has 4 heteroatoms. The number of nitrogens with two attached hydrogens (primary N) is 1. The van der Waals surface area contributed by atoms with Crippen LogP contribution in [0.3, 0.4) is 0 Å². The molecule has 2 rings (SSSR count). The van der Waals surface area contributed by atoms with Crippen molar-refractivity contribution in [1.29, 1.82) is 0 Å². The van der Waals surface area contributed by atoms with Crippen molar-refractivity contribution in [3.05, 3.63) is 54.1 Å². The average Bonchev–Trinajstić information content (AvgIpc) is 2.31. The van der Waals surface area contributed by atoms with Crippen LogP contribution in [-0.2, 0) is 6.42 Å². The Kier molecular flexibility index (Phi) is 2.91. The zero-order chi connectivity index (χ0) is 11.4. The number of nitrogens with zero attached hydrogens (tertiary/aromatic N) is 2. The lowest BCUT2D eigenvalue weighted by Gasteiger charge is -2.00. The number of nitrogen functional groups attached to an aromatic ring is 1. The predicted octanol–water partition coefficient (Wildman–Crippen LogP) is 1.48. The molecule has 2 aromatic rings. The van der Waals surface area contributed by atoms with Crippen molar-refractivity contribution in [3.8, 4) is 0 Å². The van der Waals surface area contributed by atoms with E-state index in [0.717, 1.165) is 5.69 Å². The summed E-state index contributed by atoms with van der Waals surface area (Å²) in [5.74, 6) is -0.0568. The van der Waals surface area contributed by atoms with Gasteiger partial charge in [-0.1, -0.05) is 6.07 Å². The first kappa shape index (κ1) is 10.3. The first-order valence-corrected chi connectivity index (χ1v) is 4.90. The molecule has 2 aromatic heterocycles. The van der Waals surface area contributed by atoms with Gasteiger partial charge >= 0.3 is 0 Å². The molecule has 0 aliphatic rings. The van der Waals surface area contributed by atoms with Gasteiger partial charge in [-0.3, -0.25) is 14.8 Å². The van der Waals surface area contributed by atoms with Gasteiger partial charge in [-0.2, -0.15) is 0 Å². The van der Waals surface area contributed by atoms with E-state index in [1.807, 2.05) is 18.2 Å². The fourth-order valence-corrected chi connectivity index (χ4v) is 1.33. The number of ketones is 1. The lowest BCUT2D eigenvalue weighted by Crippen LogP contribution is -2.07. The SMILES string of the molecule is Nc1ccc(C(=O)Cc2ccccn2)nc1. The van der Waals surface area contributed by atoms with E-state index in [2.05, 4.69) is 9.97 Å². The maximum atomic E-state index is 11.8. The van der Waals surface area contributed by atoms with Gasteiger partial charge in [-0.25, -0.2) is 0 Å². The zero-order valence-corrected chi connectivity index (χ0v) is 8.63. The molecule has 0 bridgehead atoms. The third kappa shape index (κ3) is 2.42. The van der Waals surface area contributed by atoms with E-state index < -0.39 is 0 Å². The van der Waals surface area contributed by atoms with Gasteiger partial charge in [0.2, 0.25) is 0 Å². The molecule has 80 valence electrons. The Balaban J connectivity index is 2.12. The smallest absolute Gasteiger partial charge is 0.187 e. The van der Waals surface area contributed by atoms with E-state index >= 15 is 0 Å². The predicted molar refractivity (Wildman–Crippen MR) is 60.9 cm³/mol. The van der Waals surface area contributed by atoms with Crippen molar-refractivity contribution < 1.29 is 4.79 Å². The fourth-order valence-electron chi connectivity index (χ4n) is 1.33. The maximum absolute atomic E-state index is 11.8. The molecule has 2 N–H and O–H groups in total. The van der Waals surface area contributed by atoms with Gasteiger partial charge in [0.1, 0.15) is 5.69 Å². The number of Topliss-reactive ketones (excluding diaryl/α,β-unsaturated/α-hetero) is 1. The molecule has 0 fully saturated rings. The van der Waals surface area contributed by atoms with Gasteiger partial charge in [0.25, 0.3) is 0 Å². The molecule has 0 aliphatic carbocycles. The largest absolute Gasteiger partial charge is 0.397 e. The second-order valence-corrected chi connectivity index (χ2v) is 3.40. The monoisotopic (exact) mass is 213 g/mol. The minimum Gasteiger partial charge on any atom is -0.397 e. The Labute approximate surface area is 93.2 Å². The van der Waals surface area contributed by atoms with Crippen LogP contribution in [0.15, 0.2) is 42.7 Å². The second kappa shape index (κ2) is 4.53. The molecule has 0 atom stereocenters. The van der Waals surface area contributed by atoms with Crippen molar-refractivity contribution >= 4 is 11.5 Å². The first-order chi connectivity index (χ1) is 7.75. The molecule has 4 nitrogen and oxygen atoms in total. The molecule has 2 heterocycles.